The van der Waals surface area contributed by atoms with Crippen LogP contribution in [0.15, 0.2) is 30.3 Å². The number of hydrogen-bond donors (Lipinski definition) is 1. The third-order valence-electron chi connectivity index (χ3n) is 2.44. The van der Waals surface area contributed by atoms with Crippen molar-refractivity contribution in [2.24, 2.45) is 0 Å². The van der Waals surface area contributed by atoms with Crippen LogP contribution in [0, 0.1) is 11.3 Å². The zero-order valence-electron chi connectivity index (χ0n) is 10.9. The van der Waals surface area contributed by atoms with E-state index in [2.05, 4.69) is 5.32 Å². The van der Waals surface area contributed by atoms with Crippen molar-refractivity contribution < 1.29 is 14.3 Å². The van der Waals surface area contributed by atoms with Gasteiger partial charge in [-0.3, -0.25) is 9.59 Å². The number of esters is 1. The Labute approximate surface area is 112 Å². The number of carbonyl (C=O) groups is 2. The van der Waals surface area contributed by atoms with E-state index in [1.54, 1.807) is 0 Å². The normalized spacial score (nSPS) is 12.9. The van der Waals surface area contributed by atoms with E-state index in [-0.39, 0.29) is 12.3 Å². The van der Waals surface area contributed by atoms with Gasteiger partial charge >= 0.3 is 5.97 Å². The Morgan fingerprint density at radius 1 is 1.37 bits per heavy atom. The SMILES string of the molecule is CC(=O)N[C@@H](CC(=O)O[C@H](C)C#N)c1ccccc1. The van der Waals surface area contributed by atoms with Gasteiger partial charge in [-0.05, 0) is 12.5 Å². The lowest BCUT2D eigenvalue weighted by atomic mass is 10.0. The first kappa shape index (κ1) is 14.7. The highest BCUT2D eigenvalue weighted by molar-refractivity contribution is 5.76. The Hall–Kier alpha value is -2.35. The van der Waals surface area contributed by atoms with Crippen molar-refractivity contribution in [2.75, 3.05) is 0 Å². The third-order valence-corrected chi connectivity index (χ3v) is 2.44. The van der Waals surface area contributed by atoms with Crippen molar-refractivity contribution >= 4 is 11.9 Å². The number of carbonyl (C=O) groups excluding carboxylic acids is 2. The van der Waals surface area contributed by atoms with Crippen molar-refractivity contribution in [1.29, 1.82) is 5.26 Å². The van der Waals surface area contributed by atoms with Crippen LogP contribution in [0.5, 0.6) is 0 Å². The maximum Gasteiger partial charge on any atom is 0.309 e. The molecule has 0 aliphatic carbocycles. The number of rotatable bonds is 5. The van der Waals surface area contributed by atoms with Crippen LogP contribution in [0.3, 0.4) is 0 Å². The van der Waals surface area contributed by atoms with Gasteiger partial charge in [0.05, 0.1) is 12.5 Å². The van der Waals surface area contributed by atoms with E-state index in [1.807, 2.05) is 36.4 Å². The molecule has 0 aliphatic rings. The molecule has 0 saturated heterocycles. The lowest BCUT2D eigenvalue weighted by Gasteiger charge is -2.18. The minimum Gasteiger partial charge on any atom is -0.447 e. The summed E-state index contributed by atoms with van der Waals surface area (Å²) in [6.07, 6.45) is -0.795. The number of nitrogens with zero attached hydrogens (tertiary/aromatic N) is 1. The molecule has 5 heteroatoms. The molecule has 2 atom stereocenters. The van der Waals surface area contributed by atoms with Crippen LogP contribution < -0.4 is 5.32 Å². The first-order chi connectivity index (χ1) is 9.02. The van der Waals surface area contributed by atoms with Crippen molar-refractivity contribution in [3.05, 3.63) is 35.9 Å². The smallest absolute Gasteiger partial charge is 0.309 e. The maximum atomic E-state index is 11.7. The monoisotopic (exact) mass is 260 g/mol. The van der Waals surface area contributed by atoms with E-state index < -0.39 is 18.1 Å². The first-order valence-corrected chi connectivity index (χ1v) is 5.94. The fraction of sp³-hybridized carbons (Fsp3) is 0.357. The average Bonchev–Trinajstić information content (AvgIpc) is 2.38. The second-order valence-corrected chi connectivity index (χ2v) is 4.13. The quantitative estimate of drug-likeness (QED) is 0.817. The minimum absolute atomic E-state index is 0.00435. The van der Waals surface area contributed by atoms with Gasteiger partial charge in [0.25, 0.3) is 0 Å². The summed E-state index contributed by atoms with van der Waals surface area (Å²) in [6, 6.07) is 10.5. The van der Waals surface area contributed by atoms with Gasteiger partial charge in [0.2, 0.25) is 5.91 Å². The summed E-state index contributed by atoms with van der Waals surface area (Å²) >= 11 is 0. The van der Waals surface area contributed by atoms with Gasteiger partial charge in [-0.2, -0.15) is 5.26 Å². The number of ether oxygens (including phenoxy) is 1. The molecule has 0 aromatic heterocycles. The first-order valence-electron chi connectivity index (χ1n) is 5.94. The molecule has 0 fully saturated rings. The van der Waals surface area contributed by atoms with Crippen LogP contribution in [0.4, 0.5) is 0 Å². The lowest BCUT2D eigenvalue weighted by molar-refractivity contribution is -0.146. The van der Waals surface area contributed by atoms with Crippen LogP contribution in [-0.2, 0) is 14.3 Å². The Morgan fingerprint density at radius 3 is 2.53 bits per heavy atom. The third kappa shape index (κ3) is 5.21. The number of benzene rings is 1. The average molecular weight is 260 g/mol. The van der Waals surface area contributed by atoms with Gasteiger partial charge in [-0.25, -0.2) is 0 Å². The summed E-state index contributed by atoms with van der Waals surface area (Å²) in [5, 5.41) is 11.3. The molecule has 1 aromatic rings. The van der Waals surface area contributed by atoms with E-state index in [9.17, 15) is 9.59 Å². The lowest BCUT2D eigenvalue weighted by Crippen LogP contribution is -2.29. The van der Waals surface area contributed by atoms with Crippen molar-refractivity contribution in [3.8, 4) is 6.07 Å². The fourth-order valence-electron chi connectivity index (χ4n) is 1.62. The molecule has 0 radical (unpaired) electrons. The standard InChI is InChI=1S/C14H16N2O3/c1-10(9-15)19-14(18)8-13(16-11(2)17)12-6-4-3-5-7-12/h3-7,10,13H,8H2,1-2H3,(H,16,17)/t10-,13+/m1/s1. The molecule has 1 aromatic carbocycles. The second-order valence-electron chi connectivity index (χ2n) is 4.13. The van der Waals surface area contributed by atoms with E-state index in [4.69, 9.17) is 10.00 Å². The minimum atomic E-state index is -0.791. The predicted molar refractivity (Wildman–Crippen MR) is 68.8 cm³/mol. The molecular formula is C14H16N2O3. The summed E-state index contributed by atoms with van der Waals surface area (Å²) < 4.78 is 4.88. The van der Waals surface area contributed by atoms with E-state index in [1.165, 1.54) is 13.8 Å². The highest BCUT2D eigenvalue weighted by Crippen LogP contribution is 2.17. The largest absolute Gasteiger partial charge is 0.447 e. The molecule has 1 N–H and O–H groups in total. The van der Waals surface area contributed by atoms with Crippen molar-refractivity contribution in [1.82, 2.24) is 5.32 Å². The van der Waals surface area contributed by atoms with Gasteiger partial charge in [0.15, 0.2) is 6.10 Å². The van der Waals surface area contributed by atoms with Gasteiger partial charge in [0, 0.05) is 6.92 Å². The topological polar surface area (TPSA) is 79.2 Å². The van der Waals surface area contributed by atoms with Gasteiger partial charge in [-0.1, -0.05) is 30.3 Å². The molecule has 0 heterocycles. The van der Waals surface area contributed by atoms with Crippen LogP contribution in [0.1, 0.15) is 31.9 Å². The Balaban J connectivity index is 2.74. The molecule has 0 aliphatic heterocycles. The molecule has 1 rings (SSSR count). The molecule has 100 valence electrons. The van der Waals surface area contributed by atoms with E-state index in [0.717, 1.165) is 5.56 Å². The fourth-order valence-corrected chi connectivity index (χ4v) is 1.62. The van der Waals surface area contributed by atoms with Crippen molar-refractivity contribution in [3.63, 3.8) is 0 Å². The van der Waals surface area contributed by atoms with Crippen molar-refractivity contribution in [2.45, 2.75) is 32.4 Å². The maximum absolute atomic E-state index is 11.7. The molecule has 0 spiro atoms. The summed E-state index contributed by atoms with van der Waals surface area (Å²) in [4.78, 5) is 22.8. The van der Waals surface area contributed by atoms with Gasteiger partial charge in [0.1, 0.15) is 6.07 Å². The summed E-state index contributed by atoms with van der Waals surface area (Å²) in [7, 11) is 0. The number of hydrogen-bond acceptors (Lipinski definition) is 4. The molecule has 0 saturated carbocycles. The number of amides is 1. The molecular weight excluding hydrogens is 244 g/mol. The Morgan fingerprint density at radius 2 is 2.00 bits per heavy atom. The zero-order valence-corrected chi connectivity index (χ0v) is 10.9. The summed E-state index contributed by atoms with van der Waals surface area (Å²) in [6.45, 7) is 2.88. The van der Waals surface area contributed by atoms with Crippen LogP contribution in [0.25, 0.3) is 0 Å². The van der Waals surface area contributed by atoms with Crippen LogP contribution in [-0.4, -0.2) is 18.0 Å². The molecule has 0 bridgehead atoms. The number of nitriles is 1. The van der Waals surface area contributed by atoms with Crippen LogP contribution >= 0.6 is 0 Å². The predicted octanol–water partition coefficient (Wildman–Crippen LogP) is 1.71. The summed E-state index contributed by atoms with van der Waals surface area (Å²) in [5.41, 5.74) is 0.819. The highest BCUT2D eigenvalue weighted by atomic mass is 16.5. The molecule has 0 unspecified atom stereocenters. The second kappa shape index (κ2) is 7.17. The summed E-state index contributed by atoms with van der Waals surface area (Å²) in [5.74, 6) is -0.744. The van der Waals surface area contributed by atoms with Crippen LogP contribution in [0.2, 0.25) is 0 Å². The van der Waals surface area contributed by atoms with Gasteiger partial charge < -0.3 is 10.1 Å². The van der Waals surface area contributed by atoms with E-state index >= 15 is 0 Å². The number of nitrogens with one attached hydrogen (secondary N) is 1. The molecule has 5 nitrogen and oxygen atoms in total. The molecule has 1 amide bonds. The Kier molecular flexibility index (Phi) is 5.55. The molecule has 19 heavy (non-hydrogen) atoms. The zero-order chi connectivity index (χ0) is 14.3. The Bertz CT molecular complexity index is 479. The highest BCUT2D eigenvalue weighted by Gasteiger charge is 2.19. The van der Waals surface area contributed by atoms with Gasteiger partial charge in [-0.15, -0.1) is 0 Å². The van der Waals surface area contributed by atoms with E-state index in [0.29, 0.717) is 0 Å².